The fourth-order valence-electron chi connectivity index (χ4n) is 3.90. The Balaban J connectivity index is 1.50. The molecule has 3 aromatic carbocycles. The standard InChI is InChI=1S/C29H28F3N5O5/c1-28(2,3)20-8-12-22(13-9-20)37(26(39)34-21-10-14-23(15-11-21)41-29(30,31)32)17-18-4-6-19(7-5-18)25(38)33-16-24-35-27(40)42-36-24/h4-15H,16-17H2,1-3H3,(H,33,38)(H,34,39)(H,35,36,40). The molecule has 1 heterocycles. The predicted octanol–water partition coefficient (Wildman–Crippen LogP) is 5.73. The van der Waals surface area contributed by atoms with Gasteiger partial charge in [0.2, 0.25) is 0 Å². The van der Waals surface area contributed by atoms with Crippen molar-refractivity contribution < 1.29 is 32.0 Å². The third-order valence-corrected chi connectivity index (χ3v) is 6.09. The minimum atomic E-state index is -4.83. The highest BCUT2D eigenvalue weighted by molar-refractivity contribution is 6.01. The van der Waals surface area contributed by atoms with Crippen LogP contribution in [0.4, 0.5) is 29.3 Å². The third kappa shape index (κ3) is 8.22. The second kappa shape index (κ2) is 12.2. The summed E-state index contributed by atoms with van der Waals surface area (Å²) in [7, 11) is 0. The van der Waals surface area contributed by atoms with Crippen LogP contribution in [-0.4, -0.2) is 28.4 Å². The number of aromatic nitrogens is 2. The Hall–Kier alpha value is -5.07. The SMILES string of the molecule is CC(C)(C)c1ccc(N(Cc2ccc(C(=O)NCc3noc(=O)[nH]3)cc2)C(=O)Nc2ccc(OC(F)(F)F)cc2)cc1. The lowest BCUT2D eigenvalue weighted by molar-refractivity contribution is -0.274. The number of carbonyl (C=O) groups is 2. The molecule has 13 heteroatoms. The maximum atomic E-state index is 13.4. The number of amides is 3. The van der Waals surface area contributed by atoms with E-state index in [2.05, 4.69) is 50.8 Å². The Labute approximate surface area is 238 Å². The number of halogens is 3. The van der Waals surface area contributed by atoms with Gasteiger partial charge in [-0.3, -0.25) is 19.2 Å². The van der Waals surface area contributed by atoms with E-state index in [-0.39, 0.29) is 30.0 Å². The zero-order valence-electron chi connectivity index (χ0n) is 22.9. The maximum absolute atomic E-state index is 13.4. The quantitative estimate of drug-likeness (QED) is 0.243. The monoisotopic (exact) mass is 583 g/mol. The molecule has 1 aromatic heterocycles. The topological polar surface area (TPSA) is 130 Å². The van der Waals surface area contributed by atoms with Gasteiger partial charge in [-0.05, 0) is 65.1 Å². The van der Waals surface area contributed by atoms with Gasteiger partial charge in [0.05, 0.1) is 13.1 Å². The van der Waals surface area contributed by atoms with Crippen molar-refractivity contribution in [3.63, 3.8) is 0 Å². The molecule has 0 unspecified atom stereocenters. The van der Waals surface area contributed by atoms with E-state index in [1.54, 1.807) is 24.3 Å². The predicted molar refractivity (Wildman–Crippen MR) is 148 cm³/mol. The highest BCUT2D eigenvalue weighted by atomic mass is 19.4. The number of benzene rings is 3. The van der Waals surface area contributed by atoms with E-state index in [0.29, 0.717) is 16.8 Å². The molecule has 10 nitrogen and oxygen atoms in total. The molecular weight excluding hydrogens is 555 g/mol. The van der Waals surface area contributed by atoms with Crippen molar-refractivity contribution in [2.24, 2.45) is 0 Å². The molecule has 0 aliphatic heterocycles. The largest absolute Gasteiger partial charge is 0.573 e. The average Bonchev–Trinajstić information content (AvgIpc) is 3.35. The van der Waals surface area contributed by atoms with Gasteiger partial charge in [-0.25, -0.2) is 9.59 Å². The number of rotatable bonds is 8. The number of aromatic amines is 1. The lowest BCUT2D eigenvalue weighted by Crippen LogP contribution is -2.34. The van der Waals surface area contributed by atoms with E-state index in [9.17, 15) is 27.6 Å². The number of nitrogens with zero attached hydrogens (tertiary/aromatic N) is 2. The van der Waals surface area contributed by atoms with Crippen LogP contribution in [0.3, 0.4) is 0 Å². The molecule has 42 heavy (non-hydrogen) atoms. The van der Waals surface area contributed by atoms with E-state index in [1.165, 1.54) is 17.0 Å². The summed E-state index contributed by atoms with van der Waals surface area (Å²) < 4.78 is 45.8. The molecule has 0 saturated heterocycles. The van der Waals surface area contributed by atoms with E-state index < -0.39 is 29.8 Å². The summed E-state index contributed by atoms with van der Waals surface area (Å²) in [6, 6.07) is 18.4. The van der Waals surface area contributed by atoms with Crippen LogP contribution in [0, 0.1) is 0 Å². The minimum Gasteiger partial charge on any atom is -0.406 e. The Morgan fingerprint density at radius 2 is 1.60 bits per heavy atom. The smallest absolute Gasteiger partial charge is 0.406 e. The number of anilines is 2. The molecule has 3 amide bonds. The number of urea groups is 1. The van der Waals surface area contributed by atoms with Crippen LogP contribution in [-0.2, 0) is 18.5 Å². The van der Waals surface area contributed by atoms with Crippen molar-refractivity contribution in [2.75, 3.05) is 10.2 Å². The van der Waals surface area contributed by atoms with Crippen LogP contribution in [0.1, 0.15) is 48.1 Å². The molecule has 0 bridgehead atoms. The second-order valence-corrected chi connectivity index (χ2v) is 10.3. The summed E-state index contributed by atoms with van der Waals surface area (Å²) >= 11 is 0. The Kier molecular flexibility index (Phi) is 8.69. The summed E-state index contributed by atoms with van der Waals surface area (Å²) in [5, 5.41) is 8.81. The fraction of sp³-hybridized carbons (Fsp3) is 0.241. The molecule has 220 valence electrons. The van der Waals surface area contributed by atoms with Gasteiger partial charge in [0.1, 0.15) is 5.75 Å². The van der Waals surface area contributed by atoms with Gasteiger partial charge in [-0.1, -0.05) is 50.2 Å². The van der Waals surface area contributed by atoms with E-state index in [4.69, 9.17) is 0 Å². The van der Waals surface area contributed by atoms with Gasteiger partial charge >= 0.3 is 18.1 Å². The minimum absolute atomic E-state index is 0.0336. The Morgan fingerprint density at radius 3 is 2.14 bits per heavy atom. The summed E-state index contributed by atoms with van der Waals surface area (Å²) in [6.07, 6.45) is -4.83. The highest BCUT2D eigenvalue weighted by Gasteiger charge is 2.31. The van der Waals surface area contributed by atoms with Gasteiger partial charge < -0.3 is 15.4 Å². The van der Waals surface area contributed by atoms with Crippen LogP contribution in [0.15, 0.2) is 82.1 Å². The normalized spacial score (nSPS) is 11.6. The van der Waals surface area contributed by atoms with Gasteiger partial charge in [-0.15, -0.1) is 13.2 Å². The lowest BCUT2D eigenvalue weighted by Gasteiger charge is -2.25. The number of H-pyrrole nitrogens is 1. The number of nitrogens with one attached hydrogen (secondary N) is 3. The van der Waals surface area contributed by atoms with Crippen LogP contribution in [0.2, 0.25) is 0 Å². The highest BCUT2D eigenvalue weighted by Crippen LogP contribution is 2.27. The molecule has 0 radical (unpaired) electrons. The molecular formula is C29H28F3N5O5. The summed E-state index contributed by atoms with van der Waals surface area (Å²) in [4.78, 5) is 40.8. The van der Waals surface area contributed by atoms with Crippen molar-refractivity contribution in [1.82, 2.24) is 15.5 Å². The van der Waals surface area contributed by atoms with E-state index in [1.807, 2.05) is 24.3 Å². The molecule has 0 aliphatic carbocycles. The van der Waals surface area contributed by atoms with Crippen molar-refractivity contribution >= 4 is 23.3 Å². The molecule has 4 rings (SSSR count). The number of hydrogen-bond donors (Lipinski definition) is 3. The van der Waals surface area contributed by atoms with Crippen LogP contribution in [0.5, 0.6) is 5.75 Å². The zero-order chi connectivity index (χ0) is 30.5. The molecule has 0 spiro atoms. The Morgan fingerprint density at radius 1 is 0.952 bits per heavy atom. The molecule has 3 N–H and O–H groups in total. The van der Waals surface area contributed by atoms with Crippen molar-refractivity contribution in [3.05, 3.63) is 106 Å². The molecule has 0 fully saturated rings. The summed E-state index contributed by atoms with van der Waals surface area (Å²) in [6.45, 7) is 6.30. The van der Waals surface area contributed by atoms with Crippen molar-refractivity contribution in [3.8, 4) is 5.75 Å². The van der Waals surface area contributed by atoms with Crippen LogP contribution < -0.4 is 26.0 Å². The summed E-state index contributed by atoms with van der Waals surface area (Å²) in [5.41, 5.74) is 2.86. The number of hydrogen-bond acceptors (Lipinski definition) is 6. The van der Waals surface area contributed by atoms with Gasteiger partial charge in [-0.2, -0.15) is 0 Å². The number of alkyl halides is 3. The van der Waals surface area contributed by atoms with Crippen molar-refractivity contribution in [1.29, 1.82) is 0 Å². The molecule has 4 aromatic rings. The first-order chi connectivity index (χ1) is 19.8. The first-order valence-electron chi connectivity index (χ1n) is 12.7. The zero-order valence-corrected chi connectivity index (χ0v) is 22.9. The molecule has 0 atom stereocenters. The Bertz CT molecular complexity index is 1570. The average molecular weight is 584 g/mol. The van der Waals surface area contributed by atoms with Crippen molar-refractivity contribution in [2.45, 2.75) is 45.6 Å². The fourth-order valence-corrected chi connectivity index (χ4v) is 3.90. The second-order valence-electron chi connectivity index (χ2n) is 10.3. The third-order valence-electron chi connectivity index (χ3n) is 6.09. The lowest BCUT2D eigenvalue weighted by atomic mass is 9.87. The maximum Gasteiger partial charge on any atom is 0.573 e. The van der Waals surface area contributed by atoms with Crippen LogP contribution >= 0.6 is 0 Å². The summed E-state index contributed by atoms with van der Waals surface area (Å²) in [5.74, 6) is -1.37. The van der Waals surface area contributed by atoms with Gasteiger partial charge in [0.25, 0.3) is 5.91 Å². The first-order valence-corrected chi connectivity index (χ1v) is 12.7. The first kappa shape index (κ1) is 29.9. The molecule has 0 saturated carbocycles. The number of carbonyl (C=O) groups excluding carboxylic acids is 2. The number of ether oxygens (including phenoxy) is 1. The van der Waals surface area contributed by atoms with E-state index in [0.717, 1.165) is 17.7 Å². The van der Waals surface area contributed by atoms with Crippen LogP contribution in [0.25, 0.3) is 0 Å². The van der Waals surface area contributed by atoms with Gasteiger partial charge in [0.15, 0.2) is 5.82 Å². The van der Waals surface area contributed by atoms with Gasteiger partial charge in [0, 0.05) is 16.9 Å². The van der Waals surface area contributed by atoms with E-state index >= 15 is 0 Å². The molecule has 0 aliphatic rings.